The molecule has 8 aromatic carbocycles. The molecule has 0 saturated carbocycles. The number of nitrogens with zero attached hydrogens (tertiary/aromatic N) is 2. The Labute approximate surface area is 256 Å². The first-order valence-electron chi connectivity index (χ1n) is 15.1. The van der Waals surface area contributed by atoms with E-state index in [0.717, 1.165) is 11.4 Å². The van der Waals surface area contributed by atoms with Crippen LogP contribution in [-0.4, -0.2) is 0 Å². The molecule has 9 rings (SSSR count). The maximum atomic E-state index is 2.40. The van der Waals surface area contributed by atoms with Crippen molar-refractivity contribution in [3.8, 4) is 11.1 Å². The van der Waals surface area contributed by atoms with Gasteiger partial charge in [0.15, 0.2) is 0 Å². The lowest BCUT2D eigenvalue weighted by molar-refractivity contribution is 1.28. The van der Waals surface area contributed by atoms with Gasteiger partial charge in [0.2, 0.25) is 0 Å². The number of benzene rings is 8. The quantitative estimate of drug-likeness (QED) is 0.193. The van der Waals surface area contributed by atoms with Gasteiger partial charge in [-0.15, -0.1) is 0 Å². The van der Waals surface area contributed by atoms with Gasteiger partial charge >= 0.3 is 0 Å². The summed E-state index contributed by atoms with van der Waals surface area (Å²) in [5.74, 6) is 0. The summed E-state index contributed by atoms with van der Waals surface area (Å²) >= 11 is 0. The van der Waals surface area contributed by atoms with Gasteiger partial charge < -0.3 is 9.80 Å². The molecule has 0 fully saturated rings. The van der Waals surface area contributed by atoms with Gasteiger partial charge in [0.25, 0.3) is 0 Å². The lowest BCUT2D eigenvalue weighted by Gasteiger charge is -2.37. The molecule has 2 nitrogen and oxygen atoms in total. The van der Waals surface area contributed by atoms with Crippen molar-refractivity contribution in [2.24, 2.45) is 0 Å². The summed E-state index contributed by atoms with van der Waals surface area (Å²) in [6.07, 6.45) is 0. The maximum absolute atomic E-state index is 2.40. The Morgan fingerprint density at radius 2 is 1.00 bits per heavy atom. The first-order valence-corrected chi connectivity index (χ1v) is 15.1. The minimum atomic E-state index is 1.13. The zero-order chi connectivity index (χ0) is 29.0. The van der Waals surface area contributed by atoms with Crippen molar-refractivity contribution in [1.82, 2.24) is 0 Å². The van der Waals surface area contributed by atoms with E-state index in [1.807, 2.05) is 0 Å². The summed E-state index contributed by atoms with van der Waals surface area (Å²) in [5, 5.41) is 7.71. The van der Waals surface area contributed by atoms with Crippen LogP contribution in [0.1, 0.15) is 0 Å². The largest absolute Gasteiger partial charge is 0.310 e. The Bertz CT molecular complexity index is 2290. The molecule has 0 aliphatic carbocycles. The molecule has 0 spiro atoms. The monoisotopic (exact) mass is 560 g/mol. The van der Waals surface area contributed by atoms with E-state index in [4.69, 9.17) is 0 Å². The highest BCUT2D eigenvalue weighted by atomic mass is 15.2. The third kappa shape index (κ3) is 3.82. The fourth-order valence-corrected chi connectivity index (χ4v) is 6.84. The van der Waals surface area contributed by atoms with Crippen LogP contribution in [-0.2, 0) is 0 Å². The third-order valence-electron chi connectivity index (χ3n) is 8.91. The van der Waals surface area contributed by atoms with Crippen LogP contribution in [0.5, 0.6) is 0 Å². The highest BCUT2D eigenvalue weighted by Gasteiger charge is 2.29. The fourth-order valence-electron chi connectivity index (χ4n) is 6.84. The molecule has 8 aromatic rings. The average molecular weight is 561 g/mol. The van der Waals surface area contributed by atoms with Crippen molar-refractivity contribution >= 4 is 66.4 Å². The van der Waals surface area contributed by atoms with E-state index in [9.17, 15) is 0 Å². The standard InChI is InChI=1S/C42H28N2/c1-2-14-34(15-3-1)43(39-18-8-12-31-10-4-6-16-37(31)39)35-24-20-29(21-25-35)30-22-26-36(27-23-30)44-40-19-9-13-33-28-32-11-5-7-17-38(32)42(44)41(33)40/h1-28H. The van der Waals surface area contributed by atoms with E-state index in [1.54, 1.807) is 0 Å². The molecule has 1 aliphatic rings. The number of fused-ring (bicyclic) bond motifs is 3. The van der Waals surface area contributed by atoms with Gasteiger partial charge in [-0.1, -0.05) is 115 Å². The second-order valence-corrected chi connectivity index (χ2v) is 11.4. The van der Waals surface area contributed by atoms with Crippen LogP contribution in [0.2, 0.25) is 0 Å². The Morgan fingerprint density at radius 1 is 0.409 bits per heavy atom. The van der Waals surface area contributed by atoms with Gasteiger partial charge in [-0.25, -0.2) is 0 Å². The molecule has 0 amide bonds. The molecule has 44 heavy (non-hydrogen) atoms. The molecular weight excluding hydrogens is 532 g/mol. The molecular formula is C42H28N2. The lowest BCUT2D eigenvalue weighted by Crippen LogP contribution is -2.18. The number of para-hydroxylation sites is 1. The van der Waals surface area contributed by atoms with Gasteiger partial charge in [0, 0.05) is 33.2 Å². The highest BCUT2D eigenvalue weighted by molar-refractivity contribution is 6.25. The summed E-state index contributed by atoms with van der Waals surface area (Å²) in [6.45, 7) is 0. The van der Waals surface area contributed by atoms with Crippen LogP contribution >= 0.6 is 0 Å². The predicted octanol–water partition coefficient (Wildman–Crippen LogP) is 12.1. The Balaban J connectivity index is 1.07. The minimum absolute atomic E-state index is 1.13. The molecule has 0 unspecified atom stereocenters. The molecule has 0 N–H and O–H groups in total. The average Bonchev–Trinajstić information content (AvgIpc) is 3.08. The Hall–Kier alpha value is -5.86. The minimum Gasteiger partial charge on any atom is -0.310 e. The maximum Gasteiger partial charge on any atom is 0.0639 e. The van der Waals surface area contributed by atoms with E-state index in [0.29, 0.717) is 0 Å². The number of anilines is 6. The molecule has 206 valence electrons. The summed E-state index contributed by atoms with van der Waals surface area (Å²) < 4.78 is 0. The van der Waals surface area contributed by atoms with Crippen LogP contribution in [0.3, 0.4) is 0 Å². The Kier molecular flexibility index (Phi) is 5.54. The normalized spacial score (nSPS) is 12.0. The lowest BCUT2D eigenvalue weighted by atomic mass is 9.92. The van der Waals surface area contributed by atoms with Gasteiger partial charge in [-0.05, 0) is 81.9 Å². The molecule has 0 saturated heterocycles. The van der Waals surface area contributed by atoms with E-state index in [-0.39, 0.29) is 0 Å². The van der Waals surface area contributed by atoms with Crippen molar-refractivity contribution < 1.29 is 0 Å². The van der Waals surface area contributed by atoms with Gasteiger partial charge in [-0.2, -0.15) is 0 Å². The summed E-state index contributed by atoms with van der Waals surface area (Å²) in [7, 11) is 0. The topological polar surface area (TPSA) is 6.48 Å². The van der Waals surface area contributed by atoms with E-state index < -0.39 is 0 Å². The van der Waals surface area contributed by atoms with Crippen molar-refractivity contribution in [1.29, 1.82) is 0 Å². The van der Waals surface area contributed by atoms with E-state index in [1.165, 1.54) is 66.2 Å². The number of hydrogen-bond acceptors (Lipinski definition) is 2. The van der Waals surface area contributed by atoms with E-state index >= 15 is 0 Å². The second kappa shape index (κ2) is 9.86. The van der Waals surface area contributed by atoms with Crippen molar-refractivity contribution in [3.63, 3.8) is 0 Å². The second-order valence-electron chi connectivity index (χ2n) is 11.4. The van der Waals surface area contributed by atoms with Crippen molar-refractivity contribution in [3.05, 3.63) is 170 Å². The molecule has 1 aliphatic heterocycles. The van der Waals surface area contributed by atoms with Crippen LogP contribution in [0.15, 0.2) is 170 Å². The van der Waals surface area contributed by atoms with Gasteiger partial charge in [-0.3, -0.25) is 0 Å². The van der Waals surface area contributed by atoms with Crippen LogP contribution < -0.4 is 9.80 Å². The molecule has 0 aromatic heterocycles. The van der Waals surface area contributed by atoms with Crippen LogP contribution in [0, 0.1) is 0 Å². The summed E-state index contributed by atoms with van der Waals surface area (Å²) in [6, 6.07) is 61.3. The van der Waals surface area contributed by atoms with Gasteiger partial charge in [0.05, 0.1) is 17.1 Å². The SMILES string of the molecule is c1ccc(N(c2ccc(-c3ccc(N4c5cccc6cc7ccccc7c4c56)cc3)cc2)c2cccc3ccccc23)cc1. The van der Waals surface area contributed by atoms with Crippen molar-refractivity contribution in [2.45, 2.75) is 0 Å². The predicted molar refractivity (Wildman–Crippen MR) is 187 cm³/mol. The molecule has 0 bridgehead atoms. The van der Waals surface area contributed by atoms with Gasteiger partial charge in [0.1, 0.15) is 0 Å². The Morgan fingerprint density at radius 3 is 1.80 bits per heavy atom. The smallest absolute Gasteiger partial charge is 0.0639 e. The molecule has 2 heteroatoms. The van der Waals surface area contributed by atoms with Crippen LogP contribution in [0.4, 0.5) is 34.1 Å². The zero-order valence-corrected chi connectivity index (χ0v) is 24.1. The highest BCUT2D eigenvalue weighted by Crippen LogP contribution is 2.55. The zero-order valence-electron chi connectivity index (χ0n) is 24.1. The first-order chi connectivity index (χ1) is 21.8. The molecule has 0 radical (unpaired) electrons. The number of hydrogen-bond donors (Lipinski definition) is 0. The van der Waals surface area contributed by atoms with Crippen molar-refractivity contribution in [2.75, 3.05) is 9.80 Å². The third-order valence-corrected chi connectivity index (χ3v) is 8.91. The van der Waals surface area contributed by atoms with Crippen LogP contribution in [0.25, 0.3) is 43.4 Å². The fraction of sp³-hybridized carbons (Fsp3) is 0. The van der Waals surface area contributed by atoms with E-state index in [2.05, 4.69) is 180 Å². The molecule has 0 atom stereocenters. The summed E-state index contributed by atoms with van der Waals surface area (Å²) in [5.41, 5.74) is 9.60. The molecule has 1 heterocycles. The number of rotatable bonds is 5. The summed E-state index contributed by atoms with van der Waals surface area (Å²) in [4.78, 5) is 4.75. The first kappa shape index (κ1) is 24.7.